The van der Waals surface area contributed by atoms with Crippen LogP contribution in [0.4, 0.5) is 8.78 Å². The lowest BCUT2D eigenvalue weighted by Gasteiger charge is -2.08. The van der Waals surface area contributed by atoms with Gasteiger partial charge in [-0.1, -0.05) is 0 Å². The minimum absolute atomic E-state index is 0.118. The highest BCUT2D eigenvalue weighted by molar-refractivity contribution is 8.24. The van der Waals surface area contributed by atoms with E-state index in [2.05, 4.69) is 0 Å². The minimum Gasteiger partial charge on any atom is -0.243 e. The van der Waals surface area contributed by atoms with Gasteiger partial charge in [-0.05, 0) is 33.8 Å². The molecule has 56 valence electrons. The standard InChI is InChI=1S/C6H5ClF2S/c7-10-6-3-4(8)1-2-5(6)9/h2-4H,1H2. The van der Waals surface area contributed by atoms with Gasteiger partial charge in [0.25, 0.3) is 0 Å². The molecule has 10 heavy (non-hydrogen) atoms. The third kappa shape index (κ3) is 1.73. The zero-order valence-corrected chi connectivity index (χ0v) is 6.55. The van der Waals surface area contributed by atoms with Crippen molar-refractivity contribution in [2.45, 2.75) is 12.6 Å². The van der Waals surface area contributed by atoms with Gasteiger partial charge in [0.15, 0.2) is 0 Å². The fraction of sp³-hybridized carbons (Fsp3) is 0.333. The average Bonchev–Trinajstić information content (AvgIpc) is 1.94. The Balaban J connectivity index is 2.74. The molecule has 0 nitrogen and oxygen atoms in total. The predicted molar refractivity (Wildman–Crippen MR) is 40.2 cm³/mol. The molecule has 0 fully saturated rings. The summed E-state index contributed by atoms with van der Waals surface area (Å²) in [5, 5.41) is 0. The molecule has 0 aromatic rings. The van der Waals surface area contributed by atoms with Gasteiger partial charge in [-0.3, -0.25) is 0 Å². The maximum atomic E-state index is 12.5. The molecule has 0 aromatic heterocycles. The summed E-state index contributed by atoms with van der Waals surface area (Å²) < 4.78 is 25.0. The van der Waals surface area contributed by atoms with E-state index in [1.807, 2.05) is 0 Å². The van der Waals surface area contributed by atoms with E-state index < -0.39 is 12.0 Å². The van der Waals surface area contributed by atoms with E-state index in [0.29, 0.717) is 11.0 Å². The molecule has 0 radical (unpaired) electrons. The van der Waals surface area contributed by atoms with E-state index in [4.69, 9.17) is 10.7 Å². The van der Waals surface area contributed by atoms with Crippen molar-refractivity contribution >= 4 is 21.7 Å². The number of hydrogen-bond donors (Lipinski definition) is 0. The van der Waals surface area contributed by atoms with Crippen LogP contribution in [0.5, 0.6) is 0 Å². The molecule has 0 saturated carbocycles. The molecule has 0 bridgehead atoms. The highest BCUT2D eigenvalue weighted by Gasteiger charge is 2.14. The number of alkyl halides is 1. The maximum absolute atomic E-state index is 12.5. The summed E-state index contributed by atoms with van der Waals surface area (Å²) >= 11 is 0. The van der Waals surface area contributed by atoms with Crippen LogP contribution >= 0.6 is 21.7 Å². The van der Waals surface area contributed by atoms with Crippen LogP contribution in [-0.2, 0) is 0 Å². The van der Waals surface area contributed by atoms with Crippen LogP contribution in [0.1, 0.15) is 6.42 Å². The summed E-state index contributed by atoms with van der Waals surface area (Å²) in [6.45, 7) is 0. The van der Waals surface area contributed by atoms with Crippen molar-refractivity contribution in [1.29, 1.82) is 0 Å². The third-order valence-electron chi connectivity index (χ3n) is 1.17. The van der Waals surface area contributed by atoms with E-state index in [1.165, 1.54) is 12.2 Å². The molecule has 0 heterocycles. The quantitative estimate of drug-likeness (QED) is 0.599. The van der Waals surface area contributed by atoms with Crippen LogP contribution in [0.25, 0.3) is 0 Å². The fourth-order valence-corrected chi connectivity index (χ4v) is 1.42. The molecule has 1 rings (SSSR count). The van der Waals surface area contributed by atoms with Gasteiger partial charge in [0.05, 0.1) is 4.91 Å². The van der Waals surface area contributed by atoms with Gasteiger partial charge in [-0.2, -0.15) is 0 Å². The zero-order valence-electron chi connectivity index (χ0n) is 4.98. The Morgan fingerprint density at radius 3 is 2.90 bits per heavy atom. The molecule has 0 spiro atoms. The van der Waals surface area contributed by atoms with Gasteiger partial charge in [-0.15, -0.1) is 0 Å². The number of halogens is 3. The zero-order chi connectivity index (χ0) is 7.56. The molecule has 0 N–H and O–H groups in total. The highest BCUT2D eigenvalue weighted by Crippen LogP contribution is 2.32. The first-order valence-corrected chi connectivity index (χ1v) is 4.39. The summed E-state index contributed by atoms with van der Waals surface area (Å²) in [6, 6.07) is 0. The fourth-order valence-electron chi connectivity index (χ4n) is 0.691. The molecule has 4 heteroatoms. The second kappa shape index (κ2) is 3.39. The van der Waals surface area contributed by atoms with Gasteiger partial charge in [0.2, 0.25) is 0 Å². The molecular formula is C6H5ClF2S. The summed E-state index contributed by atoms with van der Waals surface area (Å²) in [5.74, 6) is -0.422. The monoisotopic (exact) mass is 182 g/mol. The number of allylic oxidation sites excluding steroid dienone is 3. The van der Waals surface area contributed by atoms with Gasteiger partial charge in [0, 0.05) is 6.42 Å². The van der Waals surface area contributed by atoms with Gasteiger partial charge >= 0.3 is 0 Å². The first kappa shape index (κ1) is 8.08. The molecule has 0 amide bonds. The number of hydrogen-bond acceptors (Lipinski definition) is 1. The van der Waals surface area contributed by atoms with Crippen molar-refractivity contribution in [3.63, 3.8) is 0 Å². The van der Waals surface area contributed by atoms with Gasteiger partial charge in [0.1, 0.15) is 12.0 Å². The van der Waals surface area contributed by atoms with Crippen LogP contribution in [0.15, 0.2) is 22.9 Å². The summed E-state index contributed by atoms with van der Waals surface area (Å²) in [6.07, 6.45) is 1.43. The SMILES string of the molecule is FC1=CCC(F)C=C1SCl. The average molecular weight is 183 g/mol. The number of rotatable bonds is 1. The van der Waals surface area contributed by atoms with Crippen LogP contribution in [0, 0.1) is 0 Å². The van der Waals surface area contributed by atoms with E-state index in [9.17, 15) is 8.78 Å². The van der Waals surface area contributed by atoms with Crippen molar-refractivity contribution in [2.75, 3.05) is 0 Å². The molecule has 1 aliphatic carbocycles. The Morgan fingerprint density at radius 2 is 2.40 bits per heavy atom. The maximum Gasteiger partial charge on any atom is 0.133 e. The lowest BCUT2D eigenvalue weighted by molar-refractivity contribution is 0.395. The van der Waals surface area contributed by atoms with E-state index in [1.54, 1.807) is 0 Å². The van der Waals surface area contributed by atoms with Crippen molar-refractivity contribution in [2.24, 2.45) is 0 Å². The normalized spacial score (nSPS) is 25.7. The second-order valence-corrected chi connectivity index (χ2v) is 2.97. The van der Waals surface area contributed by atoms with Gasteiger partial charge < -0.3 is 0 Å². The van der Waals surface area contributed by atoms with E-state index in [0.717, 1.165) is 0 Å². The lowest BCUT2D eigenvalue weighted by atomic mass is 10.1. The summed E-state index contributed by atoms with van der Waals surface area (Å²) in [7, 11) is 5.95. The van der Waals surface area contributed by atoms with Crippen molar-refractivity contribution in [3.8, 4) is 0 Å². The Bertz CT molecular complexity index is 188. The highest BCUT2D eigenvalue weighted by atomic mass is 35.7. The molecular weight excluding hydrogens is 178 g/mol. The van der Waals surface area contributed by atoms with Crippen LogP contribution in [-0.4, -0.2) is 6.17 Å². The Hall–Kier alpha value is -0.0200. The molecule has 0 aromatic carbocycles. The van der Waals surface area contributed by atoms with Crippen molar-refractivity contribution in [3.05, 3.63) is 22.9 Å². The Labute approximate surface area is 66.4 Å². The lowest BCUT2D eigenvalue weighted by Crippen LogP contribution is -1.99. The molecule has 0 aliphatic heterocycles. The molecule has 1 unspecified atom stereocenters. The van der Waals surface area contributed by atoms with Crippen LogP contribution < -0.4 is 0 Å². The topological polar surface area (TPSA) is 0 Å². The molecule has 0 saturated heterocycles. The predicted octanol–water partition coefficient (Wildman–Crippen LogP) is 3.35. The minimum atomic E-state index is -1.08. The first-order valence-electron chi connectivity index (χ1n) is 2.74. The van der Waals surface area contributed by atoms with Crippen molar-refractivity contribution in [1.82, 2.24) is 0 Å². The summed E-state index contributed by atoms with van der Waals surface area (Å²) in [5.41, 5.74) is 0. The third-order valence-corrected chi connectivity index (χ3v) is 2.17. The largest absolute Gasteiger partial charge is 0.243 e. The smallest absolute Gasteiger partial charge is 0.133 e. The van der Waals surface area contributed by atoms with E-state index >= 15 is 0 Å². The van der Waals surface area contributed by atoms with Crippen molar-refractivity contribution < 1.29 is 8.78 Å². The second-order valence-electron chi connectivity index (χ2n) is 1.91. The van der Waals surface area contributed by atoms with E-state index in [-0.39, 0.29) is 11.3 Å². The molecule has 1 aliphatic rings. The van der Waals surface area contributed by atoms with Crippen LogP contribution in [0.2, 0.25) is 0 Å². The van der Waals surface area contributed by atoms with Gasteiger partial charge in [-0.25, -0.2) is 8.78 Å². The summed E-state index contributed by atoms with van der Waals surface area (Å²) in [4.78, 5) is 0.181. The van der Waals surface area contributed by atoms with Crippen LogP contribution in [0.3, 0.4) is 0 Å². The molecule has 1 atom stereocenters. The Morgan fingerprint density at radius 1 is 1.70 bits per heavy atom. The Kier molecular flexibility index (Phi) is 2.74. The first-order chi connectivity index (χ1) is 4.74.